The van der Waals surface area contributed by atoms with Gasteiger partial charge in [-0.25, -0.2) is 12.7 Å². The van der Waals surface area contributed by atoms with Gasteiger partial charge in [0.2, 0.25) is 10.0 Å². The van der Waals surface area contributed by atoms with E-state index in [4.69, 9.17) is 4.74 Å². The Hall–Kier alpha value is -1.90. The molecule has 6 nitrogen and oxygen atoms in total. The molecule has 0 aliphatic carbocycles. The van der Waals surface area contributed by atoms with Crippen LogP contribution in [0.5, 0.6) is 5.75 Å². The van der Waals surface area contributed by atoms with Crippen LogP contribution in [-0.2, 0) is 16.6 Å². The Kier molecular flexibility index (Phi) is 8.47. The molecule has 0 bridgehead atoms. The van der Waals surface area contributed by atoms with Crippen LogP contribution in [0.2, 0.25) is 0 Å². The highest BCUT2D eigenvalue weighted by molar-refractivity contribution is 9.10. The standard InChI is InChI=1S/C20H25BrN2O4S/c1-3-28(25,26)23(2)14-8-13-22-20(24)17-10-5-7-12-19(17)27-15-16-9-4-6-11-18(16)21/h4-7,9-12H,3,8,13-15H2,1-2H3,(H,22,24). The molecule has 2 rings (SSSR count). The summed E-state index contributed by atoms with van der Waals surface area (Å²) in [6.45, 7) is 2.68. The lowest BCUT2D eigenvalue weighted by molar-refractivity contribution is 0.0948. The number of benzene rings is 2. The topological polar surface area (TPSA) is 75.7 Å². The van der Waals surface area contributed by atoms with Crippen LogP contribution in [0.1, 0.15) is 29.3 Å². The molecule has 0 radical (unpaired) electrons. The molecule has 152 valence electrons. The van der Waals surface area contributed by atoms with Crippen LogP contribution in [0.4, 0.5) is 0 Å². The van der Waals surface area contributed by atoms with Crippen molar-refractivity contribution in [3.05, 3.63) is 64.1 Å². The Morgan fingerprint density at radius 3 is 2.54 bits per heavy atom. The second-order valence-corrected chi connectivity index (χ2v) is 9.43. The molecular formula is C20H25BrN2O4S. The third-order valence-corrected chi connectivity index (χ3v) is 6.88. The number of halogens is 1. The highest BCUT2D eigenvalue weighted by atomic mass is 79.9. The average Bonchev–Trinajstić information content (AvgIpc) is 2.70. The summed E-state index contributed by atoms with van der Waals surface area (Å²) >= 11 is 3.48. The molecule has 0 heterocycles. The van der Waals surface area contributed by atoms with Crippen molar-refractivity contribution >= 4 is 31.9 Å². The summed E-state index contributed by atoms with van der Waals surface area (Å²) in [5.41, 5.74) is 1.43. The van der Waals surface area contributed by atoms with Gasteiger partial charge in [-0.15, -0.1) is 0 Å². The summed E-state index contributed by atoms with van der Waals surface area (Å²) in [5.74, 6) is 0.322. The molecule has 8 heteroatoms. The molecule has 0 fully saturated rings. The Morgan fingerprint density at radius 2 is 1.82 bits per heavy atom. The fourth-order valence-corrected chi connectivity index (χ4v) is 3.76. The molecule has 0 spiro atoms. The van der Waals surface area contributed by atoms with Crippen LogP contribution in [0, 0.1) is 0 Å². The second-order valence-electron chi connectivity index (χ2n) is 6.21. The minimum Gasteiger partial charge on any atom is -0.488 e. The summed E-state index contributed by atoms with van der Waals surface area (Å²) < 4.78 is 31.6. The van der Waals surface area contributed by atoms with Crippen LogP contribution in [0.25, 0.3) is 0 Å². The Bertz CT molecular complexity index is 903. The molecule has 1 amide bonds. The van der Waals surface area contributed by atoms with Crippen molar-refractivity contribution in [2.45, 2.75) is 20.0 Å². The molecular weight excluding hydrogens is 444 g/mol. The summed E-state index contributed by atoms with van der Waals surface area (Å²) in [6, 6.07) is 14.8. The molecule has 0 saturated heterocycles. The van der Waals surface area contributed by atoms with Crippen molar-refractivity contribution in [2.75, 3.05) is 25.9 Å². The number of nitrogens with zero attached hydrogens (tertiary/aromatic N) is 1. The lowest BCUT2D eigenvalue weighted by Gasteiger charge is -2.16. The van der Waals surface area contributed by atoms with Crippen molar-refractivity contribution in [3.8, 4) is 5.75 Å². The first-order valence-electron chi connectivity index (χ1n) is 9.02. The van der Waals surface area contributed by atoms with Gasteiger partial charge in [0.25, 0.3) is 5.91 Å². The Balaban J connectivity index is 1.91. The van der Waals surface area contributed by atoms with Gasteiger partial charge in [0, 0.05) is 30.2 Å². The highest BCUT2D eigenvalue weighted by Gasteiger charge is 2.15. The van der Waals surface area contributed by atoms with Gasteiger partial charge in [-0.1, -0.05) is 46.3 Å². The maximum atomic E-state index is 12.5. The van der Waals surface area contributed by atoms with Gasteiger partial charge in [0.15, 0.2) is 0 Å². The molecule has 0 atom stereocenters. The number of carbonyl (C=O) groups is 1. The molecule has 28 heavy (non-hydrogen) atoms. The van der Waals surface area contributed by atoms with E-state index in [0.29, 0.717) is 37.4 Å². The van der Waals surface area contributed by atoms with Crippen LogP contribution < -0.4 is 10.1 Å². The normalized spacial score (nSPS) is 11.4. The fourth-order valence-electron chi connectivity index (χ4n) is 2.51. The van der Waals surface area contributed by atoms with Crippen LogP contribution >= 0.6 is 15.9 Å². The maximum Gasteiger partial charge on any atom is 0.255 e. The maximum absolute atomic E-state index is 12.5. The number of carbonyl (C=O) groups excluding carboxylic acids is 1. The highest BCUT2D eigenvalue weighted by Crippen LogP contribution is 2.22. The predicted molar refractivity (Wildman–Crippen MR) is 114 cm³/mol. The zero-order valence-corrected chi connectivity index (χ0v) is 18.4. The molecule has 1 N–H and O–H groups in total. The van der Waals surface area contributed by atoms with E-state index in [0.717, 1.165) is 10.0 Å². The number of ether oxygens (including phenoxy) is 1. The number of amides is 1. The van der Waals surface area contributed by atoms with E-state index in [2.05, 4.69) is 21.2 Å². The first kappa shape index (κ1) is 22.4. The van der Waals surface area contributed by atoms with Crippen molar-refractivity contribution in [2.24, 2.45) is 0 Å². The smallest absolute Gasteiger partial charge is 0.255 e. The lowest BCUT2D eigenvalue weighted by atomic mass is 10.2. The summed E-state index contributed by atoms with van der Waals surface area (Å²) in [6.07, 6.45) is 0.529. The third-order valence-electron chi connectivity index (χ3n) is 4.25. The zero-order valence-electron chi connectivity index (χ0n) is 16.0. The monoisotopic (exact) mass is 468 g/mol. The predicted octanol–water partition coefficient (Wildman–Crippen LogP) is 3.43. The van der Waals surface area contributed by atoms with Crippen LogP contribution in [0.3, 0.4) is 0 Å². The van der Waals surface area contributed by atoms with Crippen molar-refractivity contribution in [3.63, 3.8) is 0 Å². The van der Waals surface area contributed by atoms with Gasteiger partial charge >= 0.3 is 0 Å². The van der Waals surface area contributed by atoms with Gasteiger partial charge in [0.1, 0.15) is 12.4 Å². The molecule has 2 aromatic rings. The van der Waals surface area contributed by atoms with Crippen molar-refractivity contribution < 1.29 is 17.9 Å². The van der Waals surface area contributed by atoms with E-state index in [9.17, 15) is 13.2 Å². The number of para-hydroxylation sites is 1. The van der Waals surface area contributed by atoms with Crippen LogP contribution in [-0.4, -0.2) is 44.5 Å². The van der Waals surface area contributed by atoms with Crippen molar-refractivity contribution in [1.82, 2.24) is 9.62 Å². The SMILES string of the molecule is CCS(=O)(=O)N(C)CCCNC(=O)c1ccccc1OCc1ccccc1Br. The second kappa shape index (κ2) is 10.6. The van der Waals surface area contributed by atoms with Crippen LogP contribution in [0.15, 0.2) is 53.0 Å². The van der Waals surface area contributed by atoms with E-state index in [1.54, 1.807) is 32.2 Å². The number of nitrogens with one attached hydrogen (secondary N) is 1. The van der Waals surface area contributed by atoms with E-state index in [-0.39, 0.29) is 11.7 Å². The molecule has 0 aliphatic heterocycles. The van der Waals surface area contributed by atoms with Gasteiger partial charge in [-0.05, 0) is 31.5 Å². The molecule has 0 aliphatic rings. The van der Waals surface area contributed by atoms with E-state index < -0.39 is 10.0 Å². The first-order chi connectivity index (χ1) is 13.3. The van der Waals surface area contributed by atoms with Crippen molar-refractivity contribution in [1.29, 1.82) is 0 Å². The average molecular weight is 469 g/mol. The summed E-state index contributed by atoms with van der Waals surface area (Å²) in [7, 11) is -1.65. The van der Waals surface area contributed by atoms with E-state index in [1.807, 2.05) is 30.3 Å². The minimum absolute atomic E-state index is 0.0676. The molecule has 0 unspecified atom stereocenters. The molecule has 2 aromatic carbocycles. The largest absolute Gasteiger partial charge is 0.488 e. The van der Waals surface area contributed by atoms with Gasteiger partial charge in [0.05, 0.1) is 11.3 Å². The van der Waals surface area contributed by atoms with Gasteiger partial charge < -0.3 is 10.1 Å². The third kappa shape index (κ3) is 6.32. The van der Waals surface area contributed by atoms with Gasteiger partial charge in [-0.2, -0.15) is 0 Å². The number of hydrogen-bond donors (Lipinski definition) is 1. The summed E-state index contributed by atoms with van der Waals surface area (Å²) in [4.78, 5) is 12.5. The molecule has 0 aromatic heterocycles. The lowest BCUT2D eigenvalue weighted by Crippen LogP contribution is -2.32. The quantitative estimate of drug-likeness (QED) is 0.541. The Labute approximate surface area is 175 Å². The minimum atomic E-state index is -3.20. The Morgan fingerprint density at radius 1 is 1.14 bits per heavy atom. The van der Waals surface area contributed by atoms with E-state index in [1.165, 1.54) is 4.31 Å². The summed E-state index contributed by atoms with van der Waals surface area (Å²) in [5, 5.41) is 2.82. The number of sulfonamides is 1. The first-order valence-corrected chi connectivity index (χ1v) is 11.4. The number of hydrogen-bond acceptors (Lipinski definition) is 4. The molecule has 0 saturated carbocycles. The van der Waals surface area contributed by atoms with E-state index >= 15 is 0 Å². The zero-order chi connectivity index (χ0) is 20.6. The van der Waals surface area contributed by atoms with Gasteiger partial charge in [-0.3, -0.25) is 4.79 Å². The number of rotatable bonds is 10. The fraction of sp³-hybridized carbons (Fsp3) is 0.350.